The Kier molecular flexibility index (Phi) is 4.91. The van der Waals surface area contributed by atoms with Crippen LogP contribution in [0.1, 0.15) is 20.3 Å². The molecule has 1 amide bonds. The Balaban J connectivity index is 2.19. The van der Waals surface area contributed by atoms with E-state index >= 15 is 0 Å². The number of hydrogen-bond donors (Lipinski definition) is 2. The lowest BCUT2D eigenvalue weighted by Crippen LogP contribution is -2.42. The van der Waals surface area contributed by atoms with Crippen LogP contribution in [0, 0.1) is 5.92 Å². The first-order valence-electron chi connectivity index (χ1n) is 5.47. The molecule has 0 radical (unpaired) electrons. The fraction of sp³-hybridized carbons (Fsp3) is 0.700. The van der Waals surface area contributed by atoms with Gasteiger partial charge in [-0.05, 0) is 12.3 Å². The number of nitrogens with two attached hydrogens (primary N) is 1. The van der Waals surface area contributed by atoms with Crippen molar-refractivity contribution in [3.63, 3.8) is 0 Å². The standard InChI is InChI=1S/C10H19N5O/c1-8(2)7-9(11)10(16)12-3-5-15-6-4-13-14-15/h4,6,8-9H,3,5,7,11H2,1-2H3,(H,12,16)/t9-/m0/s1. The normalized spacial score (nSPS) is 12.8. The summed E-state index contributed by atoms with van der Waals surface area (Å²) in [5, 5.41) is 10.2. The van der Waals surface area contributed by atoms with Gasteiger partial charge in [0.05, 0.1) is 18.8 Å². The molecule has 6 nitrogen and oxygen atoms in total. The van der Waals surface area contributed by atoms with Crippen LogP contribution in [0.3, 0.4) is 0 Å². The highest BCUT2D eigenvalue weighted by Gasteiger charge is 2.13. The van der Waals surface area contributed by atoms with Gasteiger partial charge in [0.1, 0.15) is 0 Å². The number of nitrogens with one attached hydrogen (secondary N) is 1. The van der Waals surface area contributed by atoms with Crippen molar-refractivity contribution in [3.8, 4) is 0 Å². The van der Waals surface area contributed by atoms with Gasteiger partial charge in [-0.15, -0.1) is 5.10 Å². The average molecular weight is 225 g/mol. The van der Waals surface area contributed by atoms with Crippen molar-refractivity contribution in [2.45, 2.75) is 32.9 Å². The van der Waals surface area contributed by atoms with Gasteiger partial charge in [0.2, 0.25) is 5.91 Å². The van der Waals surface area contributed by atoms with E-state index in [9.17, 15) is 4.79 Å². The summed E-state index contributed by atoms with van der Waals surface area (Å²) in [4.78, 5) is 11.5. The smallest absolute Gasteiger partial charge is 0.236 e. The molecule has 1 aromatic heterocycles. The largest absolute Gasteiger partial charge is 0.353 e. The fourth-order valence-electron chi connectivity index (χ4n) is 1.39. The van der Waals surface area contributed by atoms with Crippen LogP contribution in [0.25, 0.3) is 0 Å². The molecule has 0 aliphatic rings. The molecule has 0 aromatic carbocycles. The van der Waals surface area contributed by atoms with Gasteiger partial charge in [-0.2, -0.15) is 0 Å². The van der Waals surface area contributed by atoms with E-state index in [0.717, 1.165) is 0 Å². The molecule has 1 atom stereocenters. The van der Waals surface area contributed by atoms with E-state index in [1.54, 1.807) is 17.1 Å². The number of amides is 1. The maximum absolute atomic E-state index is 11.5. The van der Waals surface area contributed by atoms with E-state index in [1.165, 1.54) is 0 Å². The van der Waals surface area contributed by atoms with E-state index in [4.69, 9.17) is 5.73 Å². The highest BCUT2D eigenvalue weighted by Crippen LogP contribution is 2.02. The fourth-order valence-corrected chi connectivity index (χ4v) is 1.39. The minimum atomic E-state index is -0.421. The van der Waals surface area contributed by atoms with E-state index in [0.29, 0.717) is 25.4 Å². The third-order valence-electron chi connectivity index (χ3n) is 2.17. The Labute approximate surface area is 95.2 Å². The molecule has 6 heteroatoms. The predicted molar refractivity (Wildman–Crippen MR) is 60.5 cm³/mol. The summed E-state index contributed by atoms with van der Waals surface area (Å²) in [5.74, 6) is 0.324. The Hall–Kier alpha value is -1.43. The van der Waals surface area contributed by atoms with E-state index in [-0.39, 0.29) is 5.91 Å². The molecule has 0 unspecified atom stereocenters. The Bertz CT molecular complexity index is 309. The molecule has 0 saturated heterocycles. The lowest BCUT2D eigenvalue weighted by molar-refractivity contribution is -0.122. The van der Waals surface area contributed by atoms with Gasteiger partial charge in [-0.25, -0.2) is 0 Å². The van der Waals surface area contributed by atoms with E-state index < -0.39 is 6.04 Å². The van der Waals surface area contributed by atoms with Crippen LogP contribution in [0.4, 0.5) is 0 Å². The molecule has 0 saturated carbocycles. The summed E-state index contributed by atoms with van der Waals surface area (Å²) in [6.07, 6.45) is 4.06. The highest BCUT2D eigenvalue weighted by molar-refractivity contribution is 5.81. The van der Waals surface area contributed by atoms with E-state index in [2.05, 4.69) is 15.6 Å². The Morgan fingerprint density at radius 2 is 2.31 bits per heavy atom. The molecule has 1 heterocycles. The third kappa shape index (κ3) is 4.39. The summed E-state index contributed by atoms with van der Waals surface area (Å²) in [7, 11) is 0. The second-order valence-electron chi connectivity index (χ2n) is 4.19. The zero-order chi connectivity index (χ0) is 12.0. The molecular formula is C10H19N5O. The number of carbonyl (C=O) groups is 1. The van der Waals surface area contributed by atoms with Crippen molar-refractivity contribution in [2.75, 3.05) is 6.54 Å². The molecule has 0 spiro atoms. The quantitative estimate of drug-likeness (QED) is 0.700. The maximum atomic E-state index is 11.5. The van der Waals surface area contributed by atoms with Gasteiger partial charge in [0, 0.05) is 12.7 Å². The van der Waals surface area contributed by atoms with Gasteiger partial charge in [-0.1, -0.05) is 19.1 Å². The van der Waals surface area contributed by atoms with Crippen LogP contribution < -0.4 is 11.1 Å². The van der Waals surface area contributed by atoms with Crippen LogP contribution in [0.15, 0.2) is 12.4 Å². The summed E-state index contributed by atoms with van der Waals surface area (Å²) < 4.78 is 1.66. The third-order valence-corrected chi connectivity index (χ3v) is 2.17. The summed E-state index contributed by atoms with van der Waals surface area (Å²) in [5.41, 5.74) is 5.73. The van der Waals surface area contributed by atoms with E-state index in [1.807, 2.05) is 13.8 Å². The Morgan fingerprint density at radius 3 is 2.88 bits per heavy atom. The lowest BCUT2D eigenvalue weighted by Gasteiger charge is -2.13. The van der Waals surface area contributed by atoms with Gasteiger partial charge >= 0.3 is 0 Å². The average Bonchev–Trinajstić information content (AvgIpc) is 2.69. The number of aromatic nitrogens is 3. The second-order valence-corrected chi connectivity index (χ2v) is 4.19. The molecule has 90 valence electrons. The number of carbonyl (C=O) groups excluding carboxylic acids is 1. The number of nitrogens with zero attached hydrogens (tertiary/aromatic N) is 3. The number of rotatable bonds is 6. The van der Waals surface area contributed by atoms with Crippen LogP contribution >= 0.6 is 0 Å². The molecule has 0 fully saturated rings. The first kappa shape index (κ1) is 12.6. The topological polar surface area (TPSA) is 85.8 Å². The van der Waals surface area contributed by atoms with Crippen LogP contribution in [-0.2, 0) is 11.3 Å². The summed E-state index contributed by atoms with van der Waals surface area (Å²) in [6.45, 7) is 5.22. The maximum Gasteiger partial charge on any atom is 0.236 e. The predicted octanol–water partition coefficient (Wildman–Crippen LogP) is -0.232. The Morgan fingerprint density at radius 1 is 1.56 bits per heavy atom. The first-order valence-corrected chi connectivity index (χ1v) is 5.47. The van der Waals surface area contributed by atoms with Crippen molar-refractivity contribution in [2.24, 2.45) is 11.7 Å². The lowest BCUT2D eigenvalue weighted by atomic mass is 10.0. The van der Waals surface area contributed by atoms with Gasteiger partial charge in [-0.3, -0.25) is 9.48 Å². The van der Waals surface area contributed by atoms with Gasteiger partial charge < -0.3 is 11.1 Å². The molecular weight excluding hydrogens is 206 g/mol. The summed E-state index contributed by atoms with van der Waals surface area (Å²) >= 11 is 0. The molecule has 16 heavy (non-hydrogen) atoms. The summed E-state index contributed by atoms with van der Waals surface area (Å²) in [6, 6.07) is -0.421. The molecule has 3 N–H and O–H groups in total. The molecule has 0 aliphatic heterocycles. The van der Waals surface area contributed by atoms with Gasteiger partial charge in [0.15, 0.2) is 0 Å². The van der Waals surface area contributed by atoms with Crippen molar-refractivity contribution >= 4 is 5.91 Å². The first-order chi connectivity index (χ1) is 7.59. The zero-order valence-corrected chi connectivity index (χ0v) is 9.76. The van der Waals surface area contributed by atoms with Gasteiger partial charge in [0.25, 0.3) is 0 Å². The van der Waals surface area contributed by atoms with Crippen molar-refractivity contribution in [1.29, 1.82) is 0 Å². The monoisotopic (exact) mass is 225 g/mol. The molecule has 1 aromatic rings. The minimum Gasteiger partial charge on any atom is -0.353 e. The highest BCUT2D eigenvalue weighted by atomic mass is 16.2. The SMILES string of the molecule is CC(C)C[C@H](N)C(=O)NCCn1ccnn1. The molecule has 0 aliphatic carbocycles. The van der Waals surface area contributed by atoms with Crippen molar-refractivity contribution in [3.05, 3.63) is 12.4 Å². The minimum absolute atomic E-state index is 0.103. The van der Waals surface area contributed by atoms with Crippen LogP contribution in [-0.4, -0.2) is 33.5 Å². The molecule has 0 bridgehead atoms. The van der Waals surface area contributed by atoms with Crippen LogP contribution in [0.2, 0.25) is 0 Å². The number of hydrogen-bond acceptors (Lipinski definition) is 4. The van der Waals surface area contributed by atoms with Crippen molar-refractivity contribution < 1.29 is 4.79 Å². The second kappa shape index (κ2) is 6.22. The zero-order valence-electron chi connectivity index (χ0n) is 9.76. The van der Waals surface area contributed by atoms with Crippen molar-refractivity contribution in [1.82, 2.24) is 20.3 Å². The van der Waals surface area contributed by atoms with Crippen LogP contribution in [0.5, 0.6) is 0 Å². The molecule has 1 rings (SSSR count).